The van der Waals surface area contributed by atoms with Crippen LogP contribution in [-0.2, 0) is 9.53 Å². The number of fused-ring (bicyclic) bond motifs is 1. The van der Waals surface area contributed by atoms with E-state index in [0.29, 0.717) is 18.8 Å². The third-order valence-corrected chi connectivity index (χ3v) is 4.08. The van der Waals surface area contributed by atoms with Crippen molar-refractivity contribution in [2.45, 2.75) is 26.9 Å². The maximum Gasteiger partial charge on any atom is 0.300 e. The van der Waals surface area contributed by atoms with Crippen molar-refractivity contribution in [2.24, 2.45) is 0 Å². The first-order chi connectivity index (χ1) is 9.97. The van der Waals surface area contributed by atoms with E-state index in [1.165, 1.54) is 0 Å². The second-order valence-corrected chi connectivity index (χ2v) is 5.94. The molecule has 1 fully saturated rings. The average Bonchev–Trinajstić information content (AvgIpc) is 2.64. The number of rotatable bonds is 2. The molecule has 2 aliphatic rings. The van der Waals surface area contributed by atoms with Crippen LogP contribution in [0.3, 0.4) is 0 Å². The zero-order valence-corrected chi connectivity index (χ0v) is 12.7. The third kappa shape index (κ3) is 2.47. The van der Waals surface area contributed by atoms with Gasteiger partial charge in [-0.05, 0) is 38.0 Å². The first kappa shape index (κ1) is 14.2. The summed E-state index contributed by atoms with van der Waals surface area (Å²) in [6.45, 7) is 8.56. The van der Waals surface area contributed by atoms with Crippen molar-refractivity contribution in [3.8, 4) is 0 Å². The predicted molar refractivity (Wildman–Crippen MR) is 79.6 cm³/mol. The Morgan fingerprint density at radius 1 is 1.29 bits per heavy atom. The number of anilines is 1. The van der Waals surface area contributed by atoms with Gasteiger partial charge in [0.2, 0.25) is 0 Å². The molecule has 1 saturated heterocycles. The molecule has 0 N–H and O–H groups in total. The molecule has 1 aromatic rings. The minimum atomic E-state index is -0.419. The molecule has 112 valence electrons. The van der Waals surface area contributed by atoms with Crippen LogP contribution in [0.4, 0.5) is 5.69 Å². The molecule has 5 heteroatoms. The number of nitrogens with zero attached hydrogens (tertiary/aromatic N) is 2. The molecule has 1 amide bonds. The normalized spacial score (nSPS) is 22.8. The fourth-order valence-electron chi connectivity index (χ4n) is 3.15. The lowest BCUT2D eigenvalue weighted by molar-refractivity contribution is -0.115. The van der Waals surface area contributed by atoms with Crippen LogP contribution in [0.1, 0.15) is 28.4 Å². The zero-order valence-electron chi connectivity index (χ0n) is 12.7. The highest BCUT2D eigenvalue weighted by Gasteiger charge is 2.38. The summed E-state index contributed by atoms with van der Waals surface area (Å²) < 4.78 is 5.52. The topological polar surface area (TPSA) is 49.9 Å². The van der Waals surface area contributed by atoms with E-state index in [2.05, 4.69) is 4.90 Å². The number of carbonyl (C=O) groups is 2. The molecule has 3 rings (SSSR count). The highest BCUT2D eigenvalue weighted by Crippen LogP contribution is 2.32. The first-order valence-corrected chi connectivity index (χ1v) is 7.29. The summed E-state index contributed by atoms with van der Waals surface area (Å²) in [5.41, 5.74) is 3.25. The Labute approximate surface area is 124 Å². The Bertz CT molecular complexity index is 612. The molecular formula is C16H20N2O3. The van der Waals surface area contributed by atoms with E-state index < -0.39 is 5.91 Å². The van der Waals surface area contributed by atoms with E-state index in [4.69, 9.17) is 4.74 Å². The van der Waals surface area contributed by atoms with Crippen molar-refractivity contribution in [1.29, 1.82) is 0 Å². The van der Waals surface area contributed by atoms with Gasteiger partial charge in [0.1, 0.15) is 0 Å². The summed E-state index contributed by atoms with van der Waals surface area (Å²) in [6.07, 6.45) is 0.158. The largest absolute Gasteiger partial charge is 0.376 e. The lowest BCUT2D eigenvalue weighted by Crippen LogP contribution is -2.48. The molecule has 0 radical (unpaired) electrons. The number of ketones is 1. The van der Waals surface area contributed by atoms with Gasteiger partial charge in [0.25, 0.3) is 5.78 Å². The standard InChI is InChI=1S/C16H20N2O3/c1-10-6-11(2)14-13(7-10)18(16(20)15(14)19)9-17-4-5-21-12(3)8-17/h6-7,12H,4-5,8-9H2,1-3H3/t12-/m1/s1. The minimum Gasteiger partial charge on any atom is -0.376 e. The molecule has 5 nitrogen and oxygen atoms in total. The minimum absolute atomic E-state index is 0.158. The fourth-order valence-corrected chi connectivity index (χ4v) is 3.15. The predicted octanol–water partition coefficient (Wildman–Crippen LogP) is 1.51. The van der Waals surface area contributed by atoms with Crippen LogP contribution >= 0.6 is 0 Å². The Morgan fingerprint density at radius 2 is 2.05 bits per heavy atom. The van der Waals surface area contributed by atoms with Crippen LogP contribution in [0.2, 0.25) is 0 Å². The number of aryl methyl sites for hydroxylation is 2. The van der Waals surface area contributed by atoms with Crippen molar-refractivity contribution in [3.63, 3.8) is 0 Å². The molecule has 1 aromatic carbocycles. The maximum absolute atomic E-state index is 12.3. The van der Waals surface area contributed by atoms with Crippen LogP contribution in [0, 0.1) is 13.8 Å². The molecule has 0 aromatic heterocycles. The van der Waals surface area contributed by atoms with Gasteiger partial charge < -0.3 is 4.74 Å². The number of carbonyl (C=O) groups excluding carboxylic acids is 2. The van der Waals surface area contributed by atoms with Crippen LogP contribution in [0.5, 0.6) is 0 Å². The number of Topliss-reactive ketones (excluding diaryl/α,β-unsaturated/α-hetero) is 1. The summed E-state index contributed by atoms with van der Waals surface area (Å²) in [7, 11) is 0. The Hall–Kier alpha value is -1.72. The van der Waals surface area contributed by atoms with E-state index >= 15 is 0 Å². The summed E-state index contributed by atoms with van der Waals surface area (Å²) in [5, 5.41) is 0. The van der Waals surface area contributed by atoms with Crippen LogP contribution in [-0.4, -0.2) is 49.1 Å². The van der Waals surface area contributed by atoms with Crippen molar-refractivity contribution < 1.29 is 14.3 Å². The van der Waals surface area contributed by atoms with Gasteiger partial charge in [-0.2, -0.15) is 0 Å². The van der Waals surface area contributed by atoms with E-state index in [9.17, 15) is 9.59 Å². The molecule has 1 atom stereocenters. The zero-order chi connectivity index (χ0) is 15.1. The van der Waals surface area contributed by atoms with Gasteiger partial charge >= 0.3 is 5.91 Å². The summed E-state index contributed by atoms with van der Waals surface area (Å²) in [5.74, 6) is -0.804. The van der Waals surface area contributed by atoms with E-state index in [1.807, 2.05) is 32.9 Å². The van der Waals surface area contributed by atoms with Crippen molar-refractivity contribution in [2.75, 3.05) is 31.3 Å². The molecule has 0 spiro atoms. The van der Waals surface area contributed by atoms with E-state index in [-0.39, 0.29) is 11.9 Å². The maximum atomic E-state index is 12.3. The SMILES string of the molecule is Cc1cc(C)c2c(c1)N(CN1CCO[C@H](C)C1)C(=O)C2=O. The van der Waals surface area contributed by atoms with Crippen LogP contribution < -0.4 is 4.90 Å². The number of benzene rings is 1. The van der Waals surface area contributed by atoms with Gasteiger partial charge in [-0.15, -0.1) is 0 Å². The fraction of sp³-hybridized carbons (Fsp3) is 0.500. The monoisotopic (exact) mass is 288 g/mol. The second-order valence-electron chi connectivity index (χ2n) is 5.94. The lowest BCUT2D eigenvalue weighted by Gasteiger charge is -2.33. The number of hydrogen-bond acceptors (Lipinski definition) is 4. The third-order valence-electron chi connectivity index (χ3n) is 4.08. The lowest BCUT2D eigenvalue weighted by atomic mass is 10.0. The van der Waals surface area contributed by atoms with Gasteiger partial charge in [0.05, 0.1) is 30.6 Å². The Balaban J connectivity index is 1.90. The van der Waals surface area contributed by atoms with Gasteiger partial charge in [0.15, 0.2) is 0 Å². The number of ether oxygens (including phenoxy) is 1. The molecule has 0 unspecified atom stereocenters. The molecular weight excluding hydrogens is 268 g/mol. The number of amides is 1. The van der Waals surface area contributed by atoms with Gasteiger partial charge in [0, 0.05) is 13.1 Å². The van der Waals surface area contributed by atoms with E-state index in [1.54, 1.807) is 4.90 Å². The van der Waals surface area contributed by atoms with Gasteiger partial charge in [-0.3, -0.25) is 19.4 Å². The summed E-state index contributed by atoms with van der Waals surface area (Å²) in [4.78, 5) is 28.3. The van der Waals surface area contributed by atoms with Crippen molar-refractivity contribution in [3.05, 3.63) is 28.8 Å². The summed E-state index contributed by atoms with van der Waals surface area (Å²) >= 11 is 0. The Morgan fingerprint density at radius 3 is 2.76 bits per heavy atom. The molecule has 2 aliphatic heterocycles. The average molecular weight is 288 g/mol. The van der Waals surface area contributed by atoms with E-state index in [0.717, 1.165) is 29.9 Å². The molecule has 0 saturated carbocycles. The number of morpholine rings is 1. The molecule has 0 aliphatic carbocycles. The quantitative estimate of drug-likeness (QED) is 0.774. The highest BCUT2D eigenvalue weighted by atomic mass is 16.5. The van der Waals surface area contributed by atoms with Crippen LogP contribution in [0.15, 0.2) is 12.1 Å². The Kier molecular flexibility index (Phi) is 3.55. The second kappa shape index (κ2) is 5.24. The smallest absolute Gasteiger partial charge is 0.300 e. The summed E-state index contributed by atoms with van der Waals surface area (Å²) in [6, 6.07) is 3.87. The van der Waals surface area contributed by atoms with Crippen LogP contribution in [0.25, 0.3) is 0 Å². The van der Waals surface area contributed by atoms with Gasteiger partial charge in [-0.25, -0.2) is 0 Å². The molecule has 21 heavy (non-hydrogen) atoms. The van der Waals surface area contributed by atoms with Gasteiger partial charge in [-0.1, -0.05) is 6.07 Å². The highest BCUT2D eigenvalue weighted by molar-refractivity contribution is 6.52. The molecule has 2 heterocycles. The molecule has 0 bridgehead atoms. The van der Waals surface area contributed by atoms with Crippen molar-refractivity contribution in [1.82, 2.24) is 4.90 Å². The first-order valence-electron chi connectivity index (χ1n) is 7.29. The van der Waals surface area contributed by atoms with Crippen molar-refractivity contribution >= 4 is 17.4 Å². The number of hydrogen-bond donors (Lipinski definition) is 0.